The number of hydrogen-bond donors (Lipinski definition) is 2. The van der Waals surface area contributed by atoms with E-state index in [9.17, 15) is 0 Å². The second-order valence-electron chi connectivity index (χ2n) is 6.50. The molecule has 2 aromatic rings. The minimum Gasteiger partial charge on any atom is -0.399 e. The van der Waals surface area contributed by atoms with E-state index in [-0.39, 0.29) is 18.3 Å². The highest BCUT2D eigenvalue weighted by Crippen LogP contribution is 2.36. The Morgan fingerprint density at radius 2 is 1.42 bits per heavy atom. The predicted molar refractivity (Wildman–Crippen MR) is 101 cm³/mol. The molecular weight excluding hydrogens is 371 g/mol. The smallest absolute Gasteiger partial charge is 0.399 e. The van der Waals surface area contributed by atoms with Gasteiger partial charge in [0.05, 0.1) is 11.2 Å². The van der Waals surface area contributed by atoms with E-state index >= 15 is 0 Å². The van der Waals surface area contributed by atoms with Crippen molar-refractivity contribution in [2.45, 2.75) is 38.9 Å². The molecule has 3 rings (SSSR count). The number of pyridine rings is 2. The first-order chi connectivity index (χ1) is 11.1. The van der Waals surface area contributed by atoms with E-state index < -0.39 is 0 Å². The van der Waals surface area contributed by atoms with E-state index in [2.05, 4.69) is 25.9 Å². The topological polar surface area (TPSA) is 96.3 Å². The summed E-state index contributed by atoms with van der Waals surface area (Å²) in [4.78, 5) is 7.74. The fourth-order valence-electron chi connectivity index (χ4n) is 2.01. The van der Waals surface area contributed by atoms with Crippen molar-refractivity contribution in [3.05, 3.63) is 41.1 Å². The van der Waals surface area contributed by atoms with Crippen LogP contribution in [0.5, 0.6) is 0 Å². The van der Waals surface area contributed by atoms with Gasteiger partial charge < -0.3 is 20.8 Å². The summed E-state index contributed by atoms with van der Waals surface area (Å²) in [6.45, 7) is 8.10. The zero-order valence-electron chi connectivity index (χ0n) is 14.3. The van der Waals surface area contributed by atoms with E-state index in [4.69, 9.17) is 20.8 Å². The average Bonchev–Trinajstić information content (AvgIpc) is 2.68. The second-order valence-corrected chi connectivity index (χ2v) is 7.42. The third-order valence-corrected chi connectivity index (χ3v) is 4.57. The van der Waals surface area contributed by atoms with Crippen LogP contribution in [0.1, 0.15) is 27.7 Å². The van der Waals surface area contributed by atoms with Crippen LogP contribution in [0.3, 0.4) is 0 Å². The van der Waals surface area contributed by atoms with Crippen molar-refractivity contribution in [2.24, 2.45) is 0 Å². The van der Waals surface area contributed by atoms with Gasteiger partial charge in [-0.15, -0.1) is 0 Å². The SMILES string of the molecule is CC1(C)OB(c2ccnc(N)c2)OC1(C)C.Nc1cc(Br)ccn1. The van der Waals surface area contributed by atoms with Crippen LogP contribution in [0.15, 0.2) is 41.1 Å². The maximum Gasteiger partial charge on any atom is 0.495 e. The normalized spacial score (nSPS) is 18.0. The Balaban J connectivity index is 0.000000219. The first-order valence-corrected chi connectivity index (χ1v) is 8.34. The molecule has 1 fully saturated rings. The number of aromatic nitrogens is 2. The summed E-state index contributed by atoms with van der Waals surface area (Å²) in [5, 5.41) is 0. The Hall–Kier alpha value is -1.64. The average molecular weight is 393 g/mol. The molecule has 0 bridgehead atoms. The number of nitrogens with zero attached hydrogens (tertiary/aromatic N) is 2. The van der Waals surface area contributed by atoms with Crippen LogP contribution in [0.25, 0.3) is 0 Å². The molecule has 8 heteroatoms. The maximum atomic E-state index is 5.90. The van der Waals surface area contributed by atoms with Gasteiger partial charge in [-0.2, -0.15) is 0 Å². The summed E-state index contributed by atoms with van der Waals surface area (Å²) in [6.07, 6.45) is 3.31. The molecule has 0 saturated carbocycles. The summed E-state index contributed by atoms with van der Waals surface area (Å²) >= 11 is 3.24. The minimum atomic E-state index is -0.365. The van der Waals surface area contributed by atoms with Gasteiger partial charge in [0.25, 0.3) is 0 Å². The van der Waals surface area contributed by atoms with Crippen LogP contribution < -0.4 is 16.9 Å². The van der Waals surface area contributed by atoms with Crippen molar-refractivity contribution in [3.63, 3.8) is 0 Å². The third-order valence-electron chi connectivity index (χ3n) is 4.07. The highest BCUT2D eigenvalue weighted by molar-refractivity contribution is 9.10. The lowest BCUT2D eigenvalue weighted by molar-refractivity contribution is 0.00578. The van der Waals surface area contributed by atoms with Gasteiger partial charge in [0.1, 0.15) is 11.6 Å². The van der Waals surface area contributed by atoms with Crippen LogP contribution in [0.4, 0.5) is 11.6 Å². The molecule has 24 heavy (non-hydrogen) atoms. The van der Waals surface area contributed by atoms with Crippen molar-refractivity contribution >= 4 is 40.1 Å². The largest absolute Gasteiger partial charge is 0.495 e. The van der Waals surface area contributed by atoms with Gasteiger partial charge in [-0.1, -0.05) is 15.9 Å². The quantitative estimate of drug-likeness (QED) is 0.723. The fourth-order valence-corrected chi connectivity index (χ4v) is 2.37. The maximum absolute atomic E-state index is 5.90. The Bertz CT molecular complexity index is 679. The molecule has 0 aromatic carbocycles. The van der Waals surface area contributed by atoms with E-state index in [1.165, 1.54) is 0 Å². The number of anilines is 2. The lowest BCUT2D eigenvalue weighted by atomic mass is 9.80. The molecule has 128 valence electrons. The molecule has 4 N–H and O–H groups in total. The van der Waals surface area contributed by atoms with Crippen LogP contribution in [-0.2, 0) is 9.31 Å². The summed E-state index contributed by atoms with van der Waals surface area (Å²) in [6, 6.07) is 7.22. The van der Waals surface area contributed by atoms with Gasteiger partial charge in [-0.05, 0) is 57.4 Å². The van der Waals surface area contributed by atoms with Gasteiger partial charge in [0.2, 0.25) is 0 Å². The van der Waals surface area contributed by atoms with Gasteiger partial charge in [0.15, 0.2) is 0 Å². The number of halogens is 1. The van der Waals surface area contributed by atoms with Crippen molar-refractivity contribution < 1.29 is 9.31 Å². The molecule has 0 spiro atoms. The van der Waals surface area contributed by atoms with E-state index in [1.807, 2.05) is 39.8 Å². The fraction of sp³-hybridized carbons (Fsp3) is 0.375. The summed E-state index contributed by atoms with van der Waals surface area (Å²) in [5.74, 6) is 1.02. The highest BCUT2D eigenvalue weighted by atomic mass is 79.9. The Morgan fingerprint density at radius 1 is 0.917 bits per heavy atom. The second kappa shape index (κ2) is 7.08. The van der Waals surface area contributed by atoms with Crippen LogP contribution in [0, 0.1) is 0 Å². The van der Waals surface area contributed by atoms with E-state index in [0.29, 0.717) is 11.6 Å². The Labute approximate surface area is 151 Å². The van der Waals surface area contributed by atoms with Crippen LogP contribution in [0.2, 0.25) is 0 Å². The first-order valence-electron chi connectivity index (χ1n) is 7.55. The van der Waals surface area contributed by atoms with Gasteiger partial charge in [-0.25, -0.2) is 9.97 Å². The van der Waals surface area contributed by atoms with Crippen LogP contribution in [-0.4, -0.2) is 28.3 Å². The van der Waals surface area contributed by atoms with Gasteiger partial charge >= 0.3 is 7.12 Å². The number of nitrogens with two attached hydrogens (primary N) is 2. The third kappa shape index (κ3) is 4.46. The molecule has 0 aliphatic carbocycles. The molecular formula is C16H22BBrN4O2. The van der Waals surface area contributed by atoms with E-state index in [1.54, 1.807) is 24.5 Å². The molecule has 6 nitrogen and oxygen atoms in total. The standard InChI is InChI=1S/C11H17BN2O2.C5H5BrN2/c1-10(2)11(3,4)16-12(15-10)8-5-6-14-9(13)7-8;6-4-1-2-8-5(7)3-4/h5-7H,1-4H3,(H2,13,14);1-3H,(H2,7,8). The number of hydrogen-bond acceptors (Lipinski definition) is 6. The van der Waals surface area contributed by atoms with Crippen molar-refractivity contribution in [3.8, 4) is 0 Å². The minimum absolute atomic E-state index is 0.324. The Morgan fingerprint density at radius 3 is 1.83 bits per heavy atom. The number of nitrogen functional groups attached to an aromatic ring is 2. The monoisotopic (exact) mass is 392 g/mol. The molecule has 1 aliphatic rings. The zero-order chi connectivity index (χ0) is 18.0. The van der Waals surface area contributed by atoms with Crippen LogP contribution >= 0.6 is 15.9 Å². The first kappa shape index (κ1) is 18.7. The zero-order valence-corrected chi connectivity index (χ0v) is 15.9. The lowest BCUT2D eigenvalue weighted by Crippen LogP contribution is -2.41. The summed E-state index contributed by atoms with van der Waals surface area (Å²) < 4.78 is 12.8. The molecule has 3 heterocycles. The van der Waals surface area contributed by atoms with Crippen molar-refractivity contribution in [1.29, 1.82) is 0 Å². The van der Waals surface area contributed by atoms with Gasteiger partial charge in [0, 0.05) is 16.9 Å². The number of rotatable bonds is 1. The molecule has 1 aliphatic heterocycles. The summed E-state index contributed by atoms with van der Waals surface area (Å²) in [5.41, 5.74) is 11.2. The van der Waals surface area contributed by atoms with E-state index in [0.717, 1.165) is 9.94 Å². The van der Waals surface area contributed by atoms with Crippen molar-refractivity contribution in [2.75, 3.05) is 11.5 Å². The molecule has 0 radical (unpaired) electrons. The Kier molecular flexibility index (Phi) is 5.52. The molecule has 0 amide bonds. The molecule has 2 aromatic heterocycles. The predicted octanol–water partition coefficient (Wildman–Crippen LogP) is 2.39. The lowest BCUT2D eigenvalue weighted by Gasteiger charge is -2.32. The molecule has 0 atom stereocenters. The molecule has 0 unspecified atom stereocenters. The molecule has 1 saturated heterocycles. The summed E-state index contributed by atoms with van der Waals surface area (Å²) in [7, 11) is -0.365. The van der Waals surface area contributed by atoms with Crippen molar-refractivity contribution in [1.82, 2.24) is 9.97 Å². The highest BCUT2D eigenvalue weighted by Gasteiger charge is 2.51. The van der Waals surface area contributed by atoms with Gasteiger partial charge in [-0.3, -0.25) is 0 Å².